The largest absolute Gasteiger partial charge is 0.488 e. The van der Waals surface area contributed by atoms with Crippen LogP contribution in [0.1, 0.15) is 40.7 Å². The average molecular weight is 407 g/mol. The first-order valence-corrected chi connectivity index (χ1v) is 10.0. The summed E-state index contributed by atoms with van der Waals surface area (Å²) in [4.78, 5) is 12.8. The number of amides is 1. The molecule has 0 bridgehead atoms. The van der Waals surface area contributed by atoms with Gasteiger partial charge in [-0.3, -0.25) is 4.79 Å². The minimum Gasteiger partial charge on any atom is -0.488 e. The van der Waals surface area contributed by atoms with E-state index in [2.05, 4.69) is 5.32 Å². The standard InChI is InChI=1S/C25H26FNO3/c1-18(28)15-21(20-7-3-2-4-8-20)16-27-25(29)23-9-5-6-10-24(23)30-17-19-11-13-22(26)14-12-19/h2-14,18,21,28H,15-17H2,1H3,(H,27,29)/t18-,21+/m1/s1. The fourth-order valence-electron chi connectivity index (χ4n) is 3.31. The van der Waals surface area contributed by atoms with Crippen LogP contribution in [-0.4, -0.2) is 23.7 Å². The zero-order valence-electron chi connectivity index (χ0n) is 16.9. The van der Waals surface area contributed by atoms with Crippen LogP contribution >= 0.6 is 0 Å². The highest BCUT2D eigenvalue weighted by molar-refractivity contribution is 5.96. The summed E-state index contributed by atoms with van der Waals surface area (Å²) in [6.45, 7) is 2.38. The van der Waals surface area contributed by atoms with Gasteiger partial charge in [0, 0.05) is 12.5 Å². The van der Waals surface area contributed by atoms with Gasteiger partial charge in [0.2, 0.25) is 0 Å². The second-order valence-electron chi connectivity index (χ2n) is 7.31. The monoisotopic (exact) mass is 407 g/mol. The van der Waals surface area contributed by atoms with Crippen LogP contribution in [0.2, 0.25) is 0 Å². The van der Waals surface area contributed by atoms with Crippen molar-refractivity contribution in [2.75, 3.05) is 6.54 Å². The van der Waals surface area contributed by atoms with Crippen LogP contribution in [0.4, 0.5) is 4.39 Å². The quantitative estimate of drug-likeness (QED) is 0.541. The third kappa shape index (κ3) is 6.16. The van der Waals surface area contributed by atoms with E-state index in [1.807, 2.05) is 30.3 Å². The maximum Gasteiger partial charge on any atom is 0.255 e. The van der Waals surface area contributed by atoms with E-state index >= 15 is 0 Å². The molecule has 0 unspecified atom stereocenters. The Kier molecular flexibility index (Phi) is 7.57. The van der Waals surface area contributed by atoms with Gasteiger partial charge in [-0.2, -0.15) is 0 Å². The van der Waals surface area contributed by atoms with Crippen LogP contribution in [0.25, 0.3) is 0 Å². The molecule has 0 heterocycles. The summed E-state index contributed by atoms with van der Waals surface area (Å²) < 4.78 is 18.9. The third-order valence-corrected chi connectivity index (χ3v) is 4.84. The highest BCUT2D eigenvalue weighted by Crippen LogP contribution is 2.22. The highest BCUT2D eigenvalue weighted by atomic mass is 19.1. The SMILES string of the molecule is C[C@@H](O)C[C@@H](CNC(=O)c1ccccc1OCc1ccc(F)cc1)c1ccccc1. The summed E-state index contributed by atoms with van der Waals surface area (Å²) in [5.41, 5.74) is 2.32. The Bertz CT molecular complexity index is 942. The van der Waals surface area contributed by atoms with E-state index in [4.69, 9.17) is 4.74 Å². The lowest BCUT2D eigenvalue weighted by Gasteiger charge is -2.20. The fraction of sp³-hybridized carbons (Fsp3) is 0.240. The predicted octanol–water partition coefficient (Wildman–Crippen LogP) is 4.69. The number of hydrogen-bond acceptors (Lipinski definition) is 3. The van der Waals surface area contributed by atoms with Crippen molar-refractivity contribution in [2.24, 2.45) is 0 Å². The molecule has 0 fully saturated rings. The minimum absolute atomic E-state index is 0.00226. The molecule has 0 radical (unpaired) electrons. The van der Waals surface area contributed by atoms with Crippen molar-refractivity contribution in [2.45, 2.75) is 32.0 Å². The second-order valence-corrected chi connectivity index (χ2v) is 7.31. The number of benzene rings is 3. The first kappa shape index (κ1) is 21.5. The number of carbonyl (C=O) groups is 1. The summed E-state index contributed by atoms with van der Waals surface area (Å²) in [6.07, 6.45) is 0.0749. The van der Waals surface area contributed by atoms with Gasteiger partial charge in [-0.05, 0) is 48.7 Å². The van der Waals surface area contributed by atoms with Crippen LogP contribution in [0.3, 0.4) is 0 Å². The maximum absolute atomic E-state index is 13.1. The molecule has 1 amide bonds. The summed E-state index contributed by atoms with van der Waals surface area (Å²) in [5, 5.41) is 12.8. The molecule has 0 aliphatic rings. The van der Waals surface area contributed by atoms with Crippen molar-refractivity contribution in [3.05, 3.63) is 101 Å². The van der Waals surface area contributed by atoms with Crippen molar-refractivity contribution in [3.63, 3.8) is 0 Å². The molecular weight excluding hydrogens is 381 g/mol. The fourth-order valence-corrected chi connectivity index (χ4v) is 3.31. The molecule has 0 saturated heterocycles. The van der Waals surface area contributed by atoms with E-state index in [0.29, 0.717) is 24.3 Å². The molecular formula is C25H26FNO3. The molecule has 30 heavy (non-hydrogen) atoms. The summed E-state index contributed by atoms with van der Waals surface area (Å²) in [5.74, 6) is -0.0755. The first-order chi connectivity index (χ1) is 14.5. The van der Waals surface area contributed by atoms with Crippen LogP contribution in [0, 0.1) is 5.82 Å². The summed E-state index contributed by atoms with van der Waals surface area (Å²) >= 11 is 0. The van der Waals surface area contributed by atoms with Crippen molar-refractivity contribution in [1.29, 1.82) is 0 Å². The number of hydrogen-bond donors (Lipinski definition) is 2. The second kappa shape index (κ2) is 10.6. The maximum atomic E-state index is 13.1. The van der Waals surface area contributed by atoms with Crippen molar-refractivity contribution in [3.8, 4) is 5.75 Å². The number of para-hydroxylation sites is 1. The topological polar surface area (TPSA) is 58.6 Å². The lowest BCUT2D eigenvalue weighted by atomic mass is 9.93. The molecule has 3 rings (SSSR count). The third-order valence-electron chi connectivity index (χ3n) is 4.84. The van der Waals surface area contributed by atoms with Gasteiger partial charge in [0.1, 0.15) is 18.2 Å². The van der Waals surface area contributed by atoms with Gasteiger partial charge in [-0.25, -0.2) is 4.39 Å². The predicted molar refractivity (Wildman–Crippen MR) is 115 cm³/mol. The molecule has 3 aromatic rings. The Labute approximate surface area is 176 Å². The summed E-state index contributed by atoms with van der Waals surface area (Å²) in [7, 11) is 0. The molecule has 0 aromatic heterocycles. The Morgan fingerprint density at radius 2 is 1.67 bits per heavy atom. The normalized spacial score (nSPS) is 12.8. The van der Waals surface area contributed by atoms with Gasteiger partial charge in [-0.1, -0.05) is 54.6 Å². The zero-order chi connectivity index (χ0) is 21.3. The van der Waals surface area contributed by atoms with E-state index in [1.165, 1.54) is 12.1 Å². The average Bonchev–Trinajstić information content (AvgIpc) is 2.76. The molecule has 5 heteroatoms. The lowest BCUT2D eigenvalue weighted by Crippen LogP contribution is -2.30. The zero-order valence-corrected chi connectivity index (χ0v) is 16.9. The van der Waals surface area contributed by atoms with E-state index in [1.54, 1.807) is 43.3 Å². The Hall–Kier alpha value is -3.18. The molecule has 2 N–H and O–H groups in total. The van der Waals surface area contributed by atoms with Gasteiger partial charge in [0.05, 0.1) is 11.7 Å². The molecule has 0 spiro atoms. The Balaban J connectivity index is 1.66. The number of aliphatic hydroxyl groups is 1. The van der Waals surface area contributed by atoms with E-state index in [0.717, 1.165) is 11.1 Å². The number of ether oxygens (including phenoxy) is 1. The molecule has 3 aromatic carbocycles. The Morgan fingerprint density at radius 3 is 2.37 bits per heavy atom. The smallest absolute Gasteiger partial charge is 0.255 e. The molecule has 0 saturated carbocycles. The van der Waals surface area contributed by atoms with Crippen LogP contribution in [-0.2, 0) is 6.61 Å². The first-order valence-electron chi connectivity index (χ1n) is 10.0. The van der Waals surface area contributed by atoms with Gasteiger partial charge < -0.3 is 15.2 Å². The van der Waals surface area contributed by atoms with Gasteiger partial charge >= 0.3 is 0 Å². The van der Waals surface area contributed by atoms with E-state index in [-0.39, 0.29) is 24.2 Å². The van der Waals surface area contributed by atoms with Gasteiger partial charge in [0.25, 0.3) is 5.91 Å². The molecule has 156 valence electrons. The number of carbonyl (C=O) groups excluding carboxylic acids is 1. The number of nitrogens with one attached hydrogen (secondary N) is 1. The van der Waals surface area contributed by atoms with Gasteiger partial charge in [0.15, 0.2) is 0 Å². The Morgan fingerprint density at radius 1 is 1.00 bits per heavy atom. The molecule has 0 aliphatic carbocycles. The number of halogens is 1. The molecule has 2 atom stereocenters. The summed E-state index contributed by atoms with van der Waals surface area (Å²) in [6, 6.07) is 22.9. The van der Waals surface area contributed by atoms with E-state index in [9.17, 15) is 14.3 Å². The van der Waals surface area contributed by atoms with Crippen molar-refractivity contribution >= 4 is 5.91 Å². The van der Waals surface area contributed by atoms with Crippen LogP contribution in [0.5, 0.6) is 5.75 Å². The lowest BCUT2D eigenvalue weighted by molar-refractivity contribution is 0.0941. The molecule has 0 aliphatic heterocycles. The minimum atomic E-state index is -0.474. The van der Waals surface area contributed by atoms with Crippen LogP contribution < -0.4 is 10.1 Å². The number of aliphatic hydroxyl groups excluding tert-OH is 1. The van der Waals surface area contributed by atoms with Gasteiger partial charge in [-0.15, -0.1) is 0 Å². The van der Waals surface area contributed by atoms with Crippen LogP contribution in [0.15, 0.2) is 78.9 Å². The number of rotatable bonds is 9. The molecule has 4 nitrogen and oxygen atoms in total. The van der Waals surface area contributed by atoms with Crippen molar-refractivity contribution in [1.82, 2.24) is 5.32 Å². The van der Waals surface area contributed by atoms with E-state index < -0.39 is 6.10 Å². The highest BCUT2D eigenvalue weighted by Gasteiger charge is 2.18. The van der Waals surface area contributed by atoms with Crippen molar-refractivity contribution < 1.29 is 19.0 Å².